The number of ether oxygens (including phenoxy) is 1. The molecular formula is C18H19ClN4O7S2. The number of anilines is 1. The van der Waals surface area contributed by atoms with Crippen molar-refractivity contribution in [1.82, 2.24) is 9.29 Å². The lowest BCUT2D eigenvalue weighted by Gasteiger charge is -2.21. The number of halogens is 1. The van der Waals surface area contributed by atoms with Crippen molar-refractivity contribution in [3.8, 4) is 0 Å². The van der Waals surface area contributed by atoms with Crippen molar-refractivity contribution < 1.29 is 27.7 Å². The van der Waals surface area contributed by atoms with Crippen LogP contribution in [0.25, 0.3) is 0 Å². The predicted octanol–water partition coefficient (Wildman–Crippen LogP) is 3.06. The Morgan fingerprint density at radius 2 is 1.94 bits per heavy atom. The summed E-state index contributed by atoms with van der Waals surface area (Å²) in [5.41, 5.74) is -0.0829. The van der Waals surface area contributed by atoms with E-state index in [9.17, 15) is 28.1 Å². The average Bonchev–Trinajstić information content (AvgIpc) is 3.04. The minimum Gasteiger partial charge on any atom is -0.452 e. The Morgan fingerprint density at radius 3 is 2.56 bits per heavy atom. The van der Waals surface area contributed by atoms with Gasteiger partial charge in [0.15, 0.2) is 11.7 Å². The van der Waals surface area contributed by atoms with Crippen molar-refractivity contribution in [1.29, 1.82) is 0 Å². The number of thiazole rings is 1. The Balaban J connectivity index is 1.66. The normalized spacial score (nSPS) is 15.0. The second-order valence-electron chi connectivity index (χ2n) is 6.85. The highest BCUT2D eigenvalue weighted by molar-refractivity contribution is 7.89. The molecule has 172 valence electrons. The summed E-state index contributed by atoms with van der Waals surface area (Å²) in [6.07, 6.45) is 4.38. The van der Waals surface area contributed by atoms with Gasteiger partial charge in [0, 0.05) is 13.1 Å². The molecule has 32 heavy (non-hydrogen) atoms. The predicted molar refractivity (Wildman–Crippen MR) is 116 cm³/mol. The number of rotatable bonds is 7. The summed E-state index contributed by atoms with van der Waals surface area (Å²) in [6, 6.07) is 3.72. The van der Waals surface area contributed by atoms with Crippen LogP contribution in [-0.2, 0) is 19.6 Å². The molecule has 3 rings (SSSR count). The number of carbonyl (C=O) groups is 2. The summed E-state index contributed by atoms with van der Waals surface area (Å²) in [6.45, 7) is 0.0634. The topological polar surface area (TPSA) is 149 Å². The molecule has 1 saturated heterocycles. The van der Waals surface area contributed by atoms with Crippen molar-refractivity contribution in [3.63, 3.8) is 0 Å². The number of sulfonamides is 1. The molecule has 11 nitrogen and oxygen atoms in total. The molecule has 0 radical (unpaired) electrons. The minimum atomic E-state index is -3.90. The molecule has 1 fully saturated rings. The van der Waals surface area contributed by atoms with Gasteiger partial charge in [0.25, 0.3) is 5.91 Å². The zero-order valence-corrected chi connectivity index (χ0v) is 19.0. The van der Waals surface area contributed by atoms with E-state index in [2.05, 4.69) is 10.3 Å². The van der Waals surface area contributed by atoms with E-state index in [0.717, 1.165) is 37.9 Å². The number of benzene rings is 1. The second kappa shape index (κ2) is 10.3. The van der Waals surface area contributed by atoms with Crippen LogP contribution in [0.5, 0.6) is 0 Å². The fourth-order valence-electron chi connectivity index (χ4n) is 3.03. The largest absolute Gasteiger partial charge is 0.452 e. The smallest absolute Gasteiger partial charge is 0.345 e. The van der Waals surface area contributed by atoms with Gasteiger partial charge in [-0.2, -0.15) is 4.31 Å². The van der Waals surface area contributed by atoms with Crippen LogP contribution in [0.15, 0.2) is 29.3 Å². The molecule has 1 aliphatic rings. The zero-order valence-electron chi connectivity index (χ0n) is 16.7. The fraction of sp³-hybridized carbons (Fsp3) is 0.389. The maximum absolute atomic E-state index is 13.0. The first-order valence-electron chi connectivity index (χ1n) is 9.55. The summed E-state index contributed by atoms with van der Waals surface area (Å²) in [4.78, 5) is 37.8. The fourth-order valence-corrected chi connectivity index (χ4v) is 5.69. The van der Waals surface area contributed by atoms with Crippen LogP contribution in [-0.4, -0.2) is 54.2 Å². The van der Waals surface area contributed by atoms with E-state index in [1.807, 2.05) is 0 Å². The number of nitro groups is 1. The maximum atomic E-state index is 13.0. The van der Waals surface area contributed by atoms with Gasteiger partial charge in [0.2, 0.25) is 10.0 Å². The van der Waals surface area contributed by atoms with E-state index in [1.165, 1.54) is 16.4 Å². The number of hydrogen-bond donors (Lipinski definition) is 1. The molecule has 2 aromatic rings. The molecule has 0 bridgehead atoms. The number of aromatic nitrogens is 1. The SMILES string of the molecule is O=C(COC(=O)c1ccc(Cl)c(S(=O)(=O)N2CCCCCC2)c1)Nc1ncc([N+](=O)[O-])s1. The van der Waals surface area contributed by atoms with E-state index < -0.39 is 33.4 Å². The van der Waals surface area contributed by atoms with Gasteiger partial charge in [-0.1, -0.05) is 24.4 Å². The molecule has 0 spiro atoms. The highest BCUT2D eigenvalue weighted by Gasteiger charge is 2.28. The molecule has 1 aromatic heterocycles. The van der Waals surface area contributed by atoms with Crippen LogP contribution < -0.4 is 5.32 Å². The molecule has 0 atom stereocenters. The molecule has 0 saturated carbocycles. The Kier molecular flexibility index (Phi) is 7.77. The van der Waals surface area contributed by atoms with Crippen LogP contribution >= 0.6 is 22.9 Å². The quantitative estimate of drug-likeness (QED) is 0.345. The molecule has 1 aliphatic heterocycles. The van der Waals surface area contributed by atoms with Crippen LogP contribution in [0.2, 0.25) is 5.02 Å². The first-order chi connectivity index (χ1) is 15.2. The van der Waals surface area contributed by atoms with Crippen molar-refractivity contribution in [2.45, 2.75) is 30.6 Å². The molecule has 1 aromatic carbocycles. The van der Waals surface area contributed by atoms with E-state index in [-0.39, 0.29) is 25.6 Å². The third kappa shape index (κ3) is 5.79. The summed E-state index contributed by atoms with van der Waals surface area (Å²) in [5.74, 6) is -1.68. The number of amides is 1. The highest BCUT2D eigenvalue weighted by Crippen LogP contribution is 2.28. The minimum absolute atomic E-state index is 0.0185. The van der Waals surface area contributed by atoms with Crippen LogP contribution in [0.4, 0.5) is 10.1 Å². The highest BCUT2D eigenvalue weighted by atomic mass is 35.5. The first kappa shape index (κ1) is 24.0. The van der Waals surface area contributed by atoms with Crippen molar-refractivity contribution in [3.05, 3.63) is 45.1 Å². The Bertz CT molecular complexity index is 1130. The lowest BCUT2D eigenvalue weighted by Crippen LogP contribution is -2.32. The lowest BCUT2D eigenvalue weighted by atomic mass is 10.2. The lowest BCUT2D eigenvalue weighted by molar-refractivity contribution is -0.380. The van der Waals surface area contributed by atoms with Gasteiger partial charge in [-0.3, -0.25) is 20.2 Å². The Hall–Kier alpha value is -2.61. The monoisotopic (exact) mass is 502 g/mol. The summed E-state index contributed by atoms with van der Waals surface area (Å²) in [7, 11) is -3.90. The van der Waals surface area contributed by atoms with Crippen molar-refractivity contribution >= 4 is 55.0 Å². The summed E-state index contributed by atoms with van der Waals surface area (Å²) < 4.78 is 32.3. The number of nitrogens with zero attached hydrogens (tertiary/aromatic N) is 3. The van der Waals surface area contributed by atoms with E-state index in [0.29, 0.717) is 24.4 Å². The summed E-state index contributed by atoms with van der Waals surface area (Å²) in [5, 5.41) is 12.6. The van der Waals surface area contributed by atoms with Gasteiger partial charge in [-0.05, 0) is 42.4 Å². The molecule has 14 heteroatoms. The van der Waals surface area contributed by atoms with Crippen LogP contribution in [0.3, 0.4) is 0 Å². The van der Waals surface area contributed by atoms with Crippen molar-refractivity contribution in [2.24, 2.45) is 0 Å². The van der Waals surface area contributed by atoms with Gasteiger partial charge in [-0.15, -0.1) is 0 Å². The number of carbonyl (C=O) groups excluding carboxylic acids is 2. The second-order valence-corrected chi connectivity index (χ2v) is 10.2. The number of hydrogen-bond acceptors (Lipinski definition) is 9. The van der Waals surface area contributed by atoms with Gasteiger partial charge in [-0.25, -0.2) is 18.2 Å². The molecule has 0 unspecified atom stereocenters. The maximum Gasteiger partial charge on any atom is 0.345 e. The molecule has 1 amide bonds. The number of nitrogens with one attached hydrogen (secondary N) is 1. The van der Waals surface area contributed by atoms with Gasteiger partial charge < -0.3 is 4.74 Å². The third-order valence-electron chi connectivity index (χ3n) is 4.60. The Labute approximate surface area is 192 Å². The standard InChI is InChI=1S/C18H19ClN4O7S2/c19-13-6-5-12(9-14(13)32(28,29)22-7-3-1-2-4-8-22)17(25)30-11-15(24)21-18-20-10-16(31-18)23(26)27/h5-6,9-10H,1-4,7-8,11H2,(H,20,21,24). The molecular weight excluding hydrogens is 484 g/mol. The molecule has 0 aliphatic carbocycles. The first-order valence-corrected chi connectivity index (χ1v) is 12.2. The van der Waals surface area contributed by atoms with E-state index in [1.54, 1.807) is 0 Å². The number of esters is 1. The average molecular weight is 503 g/mol. The van der Waals surface area contributed by atoms with Crippen LogP contribution in [0.1, 0.15) is 36.0 Å². The zero-order chi connectivity index (χ0) is 23.3. The van der Waals surface area contributed by atoms with E-state index >= 15 is 0 Å². The summed E-state index contributed by atoms with van der Waals surface area (Å²) >= 11 is 6.76. The molecule has 2 heterocycles. The van der Waals surface area contributed by atoms with Gasteiger partial charge >= 0.3 is 11.0 Å². The molecule has 1 N–H and O–H groups in total. The van der Waals surface area contributed by atoms with Gasteiger partial charge in [0.1, 0.15) is 11.1 Å². The Morgan fingerprint density at radius 1 is 1.25 bits per heavy atom. The van der Waals surface area contributed by atoms with Crippen molar-refractivity contribution in [2.75, 3.05) is 25.0 Å². The van der Waals surface area contributed by atoms with Gasteiger partial charge in [0.05, 0.1) is 15.5 Å². The van der Waals surface area contributed by atoms with E-state index in [4.69, 9.17) is 16.3 Å². The third-order valence-corrected chi connectivity index (χ3v) is 7.85. The van der Waals surface area contributed by atoms with Crippen LogP contribution in [0, 0.1) is 10.1 Å².